The average molecular weight is 464 g/mol. The molecular formula is C24H15Cl2N3O3. The van der Waals surface area contributed by atoms with Gasteiger partial charge < -0.3 is 4.74 Å². The van der Waals surface area contributed by atoms with Crippen LogP contribution in [0.3, 0.4) is 0 Å². The maximum atomic E-state index is 12.7. The van der Waals surface area contributed by atoms with Crippen LogP contribution in [0.1, 0.15) is 16.7 Å². The second-order valence-corrected chi connectivity index (χ2v) is 7.66. The van der Waals surface area contributed by atoms with Crippen LogP contribution >= 0.6 is 23.2 Å². The van der Waals surface area contributed by atoms with Crippen molar-refractivity contribution in [2.24, 2.45) is 0 Å². The minimum atomic E-state index is -0.528. The summed E-state index contributed by atoms with van der Waals surface area (Å²) in [5.74, 6) is -0.766. The Hall–Kier alpha value is -3.79. The summed E-state index contributed by atoms with van der Waals surface area (Å²) in [5.41, 5.74) is 4.71. The Balaban J connectivity index is 1.57. The highest BCUT2D eigenvalue weighted by molar-refractivity contribution is 6.37. The first kappa shape index (κ1) is 21.4. The molecule has 0 unspecified atom stereocenters. The summed E-state index contributed by atoms with van der Waals surface area (Å²) in [6.45, 7) is 0.108. The van der Waals surface area contributed by atoms with Crippen LogP contribution in [0.2, 0.25) is 10.0 Å². The fraction of sp³-hybridized carbons (Fsp3) is 0.0417. The lowest BCUT2D eigenvalue weighted by atomic mass is 10.1. The predicted molar refractivity (Wildman–Crippen MR) is 122 cm³/mol. The molecule has 0 aromatic heterocycles. The van der Waals surface area contributed by atoms with Crippen molar-refractivity contribution in [1.29, 1.82) is 5.26 Å². The molecule has 0 saturated carbocycles. The minimum Gasteiger partial charge on any atom is -0.486 e. The van der Waals surface area contributed by atoms with Gasteiger partial charge in [-0.25, -0.2) is 5.01 Å². The Kier molecular flexibility index (Phi) is 6.13. The molecule has 0 spiro atoms. The maximum Gasteiger partial charge on any atom is 0.282 e. The number of hydrazine groups is 1. The molecule has 8 heteroatoms. The molecular weight excluding hydrogens is 449 g/mol. The van der Waals surface area contributed by atoms with Gasteiger partial charge in [-0.05, 0) is 42.0 Å². The van der Waals surface area contributed by atoms with Gasteiger partial charge in [0.05, 0.1) is 27.4 Å². The quantitative estimate of drug-likeness (QED) is 0.430. The Labute approximate surface area is 194 Å². The summed E-state index contributed by atoms with van der Waals surface area (Å²) < 4.78 is 5.75. The Morgan fingerprint density at radius 2 is 1.66 bits per heavy atom. The normalized spacial score (nSPS) is 14.4. The van der Waals surface area contributed by atoms with Gasteiger partial charge in [0, 0.05) is 5.56 Å². The fourth-order valence-electron chi connectivity index (χ4n) is 3.19. The Morgan fingerprint density at radius 1 is 1.00 bits per heavy atom. The number of nitrogens with zero attached hydrogens (tertiary/aromatic N) is 2. The van der Waals surface area contributed by atoms with Gasteiger partial charge in [-0.1, -0.05) is 59.6 Å². The van der Waals surface area contributed by atoms with Crippen molar-refractivity contribution < 1.29 is 14.3 Å². The van der Waals surface area contributed by atoms with Gasteiger partial charge in [-0.2, -0.15) is 5.26 Å². The zero-order valence-electron chi connectivity index (χ0n) is 16.5. The van der Waals surface area contributed by atoms with Crippen LogP contribution in [0.15, 0.2) is 72.3 Å². The zero-order valence-corrected chi connectivity index (χ0v) is 18.0. The smallest absolute Gasteiger partial charge is 0.282 e. The molecule has 0 atom stereocenters. The lowest BCUT2D eigenvalue weighted by molar-refractivity contribution is -0.117. The van der Waals surface area contributed by atoms with Gasteiger partial charge in [0.1, 0.15) is 12.2 Å². The molecule has 32 heavy (non-hydrogen) atoms. The van der Waals surface area contributed by atoms with Gasteiger partial charge in [-0.15, -0.1) is 0 Å². The second-order valence-electron chi connectivity index (χ2n) is 6.85. The highest BCUT2D eigenvalue weighted by Gasteiger charge is 2.34. The van der Waals surface area contributed by atoms with Crippen molar-refractivity contribution in [3.63, 3.8) is 0 Å². The molecule has 4 rings (SSSR count). The number of ether oxygens (including phenoxy) is 1. The number of carbonyl (C=O) groups excluding carboxylic acids is 2. The van der Waals surface area contributed by atoms with Crippen LogP contribution in [-0.2, 0) is 16.2 Å². The highest BCUT2D eigenvalue weighted by Crippen LogP contribution is 2.36. The van der Waals surface area contributed by atoms with Crippen molar-refractivity contribution in [1.82, 2.24) is 5.43 Å². The first-order valence-corrected chi connectivity index (χ1v) is 10.3. The fourth-order valence-corrected chi connectivity index (χ4v) is 3.80. The lowest BCUT2D eigenvalue weighted by Crippen LogP contribution is -2.35. The summed E-state index contributed by atoms with van der Waals surface area (Å²) in [7, 11) is 0. The zero-order chi connectivity index (χ0) is 22.7. The summed E-state index contributed by atoms with van der Waals surface area (Å²) in [4.78, 5) is 25.1. The summed E-state index contributed by atoms with van der Waals surface area (Å²) in [6.07, 6.45) is 1.42. The number of hydrogen-bond acceptors (Lipinski definition) is 4. The van der Waals surface area contributed by atoms with E-state index in [0.29, 0.717) is 22.4 Å². The molecule has 2 amide bonds. The lowest BCUT2D eigenvalue weighted by Gasteiger charge is -2.14. The molecule has 1 saturated heterocycles. The van der Waals surface area contributed by atoms with Gasteiger partial charge in [0.2, 0.25) is 0 Å². The van der Waals surface area contributed by atoms with E-state index in [1.54, 1.807) is 60.7 Å². The molecule has 6 nitrogen and oxygen atoms in total. The highest BCUT2D eigenvalue weighted by atomic mass is 35.5. The molecule has 0 radical (unpaired) electrons. The summed E-state index contributed by atoms with van der Waals surface area (Å²) in [5, 5.41) is 10.8. The maximum absolute atomic E-state index is 12.7. The third kappa shape index (κ3) is 4.30. The Bertz CT molecular complexity index is 1260. The molecule has 1 N–H and O–H groups in total. The number of anilines is 1. The third-order valence-corrected chi connectivity index (χ3v) is 5.31. The number of nitrogens with one attached hydrogen (secondary N) is 1. The molecule has 1 heterocycles. The number of halogens is 2. The molecule has 1 aliphatic heterocycles. The number of amides is 2. The van der Waals surface area contributed by atoms with Gasteiger partial charge in [0.25, 0.3) is 11.8 Å². The largest absolute Gasteiger partial charge is 0.486 e. The molecule has 1 aliphatic rings. The van der Waals surface area contributed by atoms with Gasteiger partial charge in [0.15, 0.2) is 5.75 Å². The number of nitriles is 1. The summed E-state index contributed by atoms with van der Waals surface area (Å²) >= 11 is 12.7. The second kappa shape index (κ2) is 9.15. The number of carbonyl (C=O) groups is 2. The van der Waals surface area contributed by atoms with E-state index < -0.39 is 11.8 Å². The number of para-hydroxylation sites is 1. The number of benzene rings is 3. The van der Waals surface area contributed by atoms with E-state index in [-0.39, 0.29) is 28.0 Å². The van der Waals surface area contributed by atoms with E-state index >= 15 is 0 Å². The van der Waals surface area contributed by atoms with Crippen LogP contribution in [-0.4, -0.2) is 11.8 Å². The van der Waals surface area contributed by atoms with E-state index in [0.717, 1.165) is 0 Å². The topological polar surface area (TPSA) is 82.4 Å². The predicted octanol–water partition coefficient (Wildman–Crippen LogP) is 4.91. The monoisotopic (exact) mass is 463 g/mol. The molecule has 1 fully saturated rings. The van der Waals surface area contributed by atoms with E-state index in [1.165, 1.54) is 11.1 Å². The molecule has 0 aliphatic carbocycles. The van der Waals surface area contributed by atoms with Crippen LogP contribution in [0.5, 0.6) is 5.75 Å². The summed E-state index contributed by atoms with van der Waals surface area (Å²) in [6, 6.07) is 21.0. The standard InChI is InChI=1S/C24H15Cl2N3O3/c25-20-11-15(10-19-23(30)28-29(24(19)31)18-8-2-1-3-9-18)12-21(26)22(20)32-14-17-7-5-4-6-16(17)13-27/h1-12H,14H2,(H,28,30). The first-order valence-electron chi connectivity index (χ1n) is 9.50. The number of rotatable bonds is 5. The van der Waals surface area contributed by atoms with Crippen LogP contribution < -0.4 is 15.2 Å². The van der Waals surface area contributed by atoms with E-state index in [1.807, 2.05) is 6.07 Å². The van der Waals surface area contributed by atoms with Gasteiger partial charge >= 0.3 is 0 Å². The molecule has 0 bridgehead atoms. The van der Waals surface area contributed by atoms with Crippen LogP contribution in [0, 0.1) is 11.3 Å². The average Bonchev–Trinajstić information content (AvgIpc) is 3.07. The molecule has 158 valence electrons. The number of hydrogen-bond donors (Lipinski definition) is 1. The molecule has 3 aromatic carbocycles. The first-order chi connectivity index (χ1) is 15.5. The van der Waals surface area contributed by atoms with Crippen molar-refractivity contribution in [3.8, 4) is 11.8 Å². The van der Waals surface area contributed by atoms with E-state index in [9.17, 15) is 14.9 Å². The SMILES string of the molecule is N#Cc1ccccc1COc1c(Cl)cc(C=C2C(=O)NN(c3ccccc3)C2=O)cc1Cl. The van der Waals surface area contributed by atoms with E-state index in [4.69, 9.17) is 27.9 Å². The van der Waals surface area contributed by atoms with Crippen LogP contribution in [0.4, 0.5) is 5.69 Å². The van der Waals surface area contributed by atoms with Crippen LogP contribution in [0.25, 0.3) is 6.08 Å². The third-order valence-electron chi connectivity index (χ3n) is 4.75. The van der Waals surface area contributed by atoms with Crippen molar-refractivity contribution in [2.75, 3.05) is 5.01 Å². The van der Waals surface area contributed by atoms with E-state index in [2.05, 4.69) is 11.5 Å². The van der Waals surface area contributed by atoms with Gasteiger partial charge in [-0.3, -0.25) is 15.0 Å². The van der Waals surface area contributed by atoms with Crippen molar-refractivity contribution in [3.05, 3.63) is 99.0 Å². The van der Waals surface area contributed by atoms with Crippen molar-refractivity contribution >= 4 is 46.8 Å². The molecule has 3 aromatic rings. The van der Waals surface area contributed by atoms with Crippen molar-refractivity contribution in [2.45, 2.75) is 6.61 Å². The Morgan fingerprint density at radius 3 is 2.34 bits per heavy atom. The minimum absolute atomic E-state index is 0.0439.